The molecule has 2 atom stereocenters. The Kier molecular flexibility index (Phi) is 6.23. The van der Waals surface area contributed by atoms with Crippen LogP contribution in [0.1, 0.15) is 30.9 Å². The maximum atomic E-state index is 12.9. The van der Waals surface area contributed by atoms with Crippen LogP contribution < -0.4 is 4.90 Å². The van der Waals surface area contributed by atoms with Crippen molar-refractivity contribution in [3.8, 4) is 0 Å². The topological polar surface area (TPSA) is 62.1 Å². The van der Waals surface area contributed by atoms with Gasteiger partial charge in [-0.2, -0.15) is 4.31 Å². The molecule has 0 bridgehead atoms. The van der Waals surface area contributed by atoms with E-state index in [1.54, 1.807) is 12.1 Å². The number of hydrogen-bond donors (Lipinski definition) is 1. The van der Waals surface area contributed by atoms with Gasteiger partial charge in [-0.15, -0.1) is 0 Å². The van der Waals surface area contributed by atoms with Crippen molar-refractivity contribution in [1.29, 1.82) is 0 Å². The minimum Gasteiger partial charge on any atom is -0.335 e. The number of likely N-dealkylation sites (tertiary alicyclic amines) is 1. The normalized spacial score (nSPS) is 24.8. The van der Waals surface area contributed by atoms with Crippen LogP contribution in [0, 0.1) is 19.8 Å². The van der Waals surface area contributed by atoms with Crippen LogP contribution in [0.25, 0.3) is 0 Å². The summed E-state index contributed by atoms with van der Waals surface area (Å²) in [7, 11) is -3.49. The van der Waals surface area contributed by atoms with Crippen molar-refractivity contribution in [2.24, 2.45) is 5.92 Å². The molecule has 1 aromatic rings. The minimum atomic E-state index is -3.49. The van der Waals surface area contributed by atoms with Crippen LogP contribution in [0.4, 0.5) is 0 Å². The molecule has 1 N–H and O–H groups in total. The molecule has 1 amide bonds. The molecule has 0 aliphatic carbocycles. The lowest BCUT2D eigenvalue weighted by molar-refractivity contribution is -0.900. The van der Waals surface area contributed by atoms with Gasteiger partial charge in [0.05, 0.1) is 18.0 Å². The fourth-order valence-electron chi connectivity index (χ4n) is 4.08. The Morgan fingerprint density at radius 2 is 1.85 bits per heavy atom. The first-order valence-corrected chi connectivity index (χ1v) is 11.4. The summed E-state index contributed by atoms with van der Waals surface area (Å²) in [4.78, 5) is 16.2. The summed E-state index contributed by atoms with van der Waals surface area (Å²) in [5.74, 6) is 0.837. The van der Waals surface area contributed by atoms with Crippen LogP contribution in [0.3, 0.4) is 0 Å². The molecule has 3 rings (SSSR count). The zero-order chi connectivity index (χ0) is 19.6. The SMILES string of the molecule is Cc1ccc(S(=O)(=O)N2CCN(C(=O)C[NH+]3CCC[C@@H](C)C3)CC2)cc1C. The lowest BCUT2D eigenvalue weighted by Gasteiger charge is -2.35. The summed E-state index contributed by atoms with van der Waals surface area (Å²) >= 11 is 0. The largest absolute Gasteiger partial charge is 0.335 e. The van der Waals surface area contributed by atoms with Crippen molar-refractivity contribution >= 4 is 15.9 Å². The van der Waals surface area contributed by atoms with Crippen LogP contribution in [0.2, 0.25) is 0 Å². The molecular weight excluding hydrogens is 362 g/mol. The van der Waals surface area contributed by atoms with E-state index in [4.69, 9.17) is 0 Å². The van der Waals surface area contributed by atoms with Crippen LogP contribution in [0.5, 0.6) is 0 Å². The van der Waals surface area contributed by atoms with Gasteiger partial charge in [-0.3, -0.25) is 4.79 Å². The third kappa shape index (κ3) is 4.70. The Labute approximate surface area is 163 Å². The van der Waals surface area contributed by atoms with Gasteiger partial charge in [-0.25, -0.2) is 8.42 Å². The quantitative estimate of drug-likeness (QED) is 0.807. The lowest BCUT2D eigenvalue weighted by Crippen LogP contribution is -3.14. The second kappa shape index (κ2) is 8.29. The van der Waals surface area contributed by atoms with Crippen LogP contribution in [-0.4, -0.2) is 69.3 Å². The van der Waals surface area contributed by atoms with Crippen molar-refractivity contribution in [1.82, 2.24) is 9.21 Å². The predicted octanol–water partition coefficient (Wildman–Crippen LogP) is 0.451. The maximum Gasteiger partial charge on any atom is 0.277 e. The summed E-state index contributed by atoms with van der Waals surface area (Å²) in [6.07, 6.45) is 2.44. The molecule has 150 valence electrons. The molecule has 2 saturated heterocycles. The van der Waals surface area contributed by atoms with Gasteiger partial charge in [0.2, 0.25) is 10.0 Å². The highest BCUT2D eigenvalue weighted by Gasteiger charge is 2.32. The third-order valence-electron chi connectivity index (χ3n) is 5.97. The van der Waals surface area contributed by atoms with Crippen molar-refractivity contribution in [3.05, 3.63) is 29.3 Å². The van der Waals surface area contributed by atoms with Gasteiger partial charge in [0.25, 0.3) is 5.91 Å². The number of sulfonamides is 1. The Hall–Kier alpha value is -1.44. The molecule has 0 spiro atoms. The highest BCUT2D eigenvalue weighted by Crippen LogP contribution is 2.20. The number of carbonyl (C=O) groups is 1. The lowest BCUT2D eigenvalue weighted by atomic mass is 10.0. The summed E-state index contributed by atoms with van der Waals surface area (Å²) in [5, 5.41) is 0. The number of benzene rings is 1. The van der Waals surface area contributed by atoms with Gasteiger partial charge < -0.3 is 9.80 Å². The number of piperidine rings is 1. The summed E-state index contributed by atoms with van der Waals surface area (Å²) < 4.78 is 27.3. The van der Waals surface area contributed by atoms with Gasteiger partial charge in [-0.1, -0.05) is 13.0 Å². The molecule has 0 saturated carbocycles. The first-order valence-electron chi connectivity index (χ1n) is 9.96. The second-order valence-corrected chi connectivity index (χ2v) is 10.1. The van der Waals surface area contributed by atoms with Crippen LogP contribution in [0.15, 0.2) is 23.1 Å². The van der Waals surface area contributed by atoms with Crippen molar-refractivity contribution in [2.45, 2.75) is 38.5 Å². The molecule has 7 heteroatoms. The maximum absolute atomic E-state index is 12.9. The first-order chi connectivity index (χ1) is 12.8. The second-order valence-electron chi connectivity index (χ2n) is 8.16. The monoisotopic (exact) mass is 394 g/mol. The number of amides is 1. The van der Waals surface area contributed by atoms with Gasteiger partial charge in [0.15, 0.2) is 6.54 Å². The van der Waals surface area contributed by atoms with Gasteiger partial charge >= 0.3 is 0 Å². The number of nitrogens with zero attached hydrogens (tertiary/aromatic N) is 2. The summed E-state index contributed by atoms with van der Waals surface area (Å²) in [6, 6.07) is 5.27. The van der Waals surface area contributed by atoms with E-state index in [9.17, 15) is 13.2 Å². The average Bonchev–Trinajstić information content (AvgIpc) is 2.64. The molecule has 2 heterocycles. The smallest absolute Gasteiger partial charge is 0.277 e. The molecular formula is C20H32N3O3S+. The molecule has 2 aliphatic heterocycles. The molecule has 0 aromatic heterocycles. The number of rotatable bonds is 4. The number of quaternary nitrogens is 1. The zero-order valence-electron chi connectivity index (χ0n) is 16.7. The summed E-state index contributed by atoms with van der Waals surface area (Å²) in [5.41, 5.74) is 2.06. The standard InChI is InChI=1S/C20H31N3O3S/c1-16-5-4-8-21(14-16)15-20(24)22-9-11-23(12-10-22)27(25,26)19-7-6-17(2)18(3)13-19/h6-7,13,16H,4-5,8-12,14-15H2,1-3H3/p+1/t16-/m1/s1. The van der Waals surface area contributed by atoms with E-state index in [1.165, 1.54) is 22.0 Å². The molecule has 1 aromatic carbocycles. The minimum absolute atomic E-state index is 0.155. The Morgan fingerprint density at radius 1 is 1.15 bits per heavy atom. The van der Waals surface area contributed by atoms with E-state index >= 15 is 0 Å². The highest BCUT2D eigenvalue weighted by molar-refractivity contribution is 7.89. The van der Waals surface area contributed by atoms with E-state index in [-0.39, 0.29) is 5.91 Å². The molecule has 6 nitrogen and oxygen atoms in total. The van der Waals surface area contributed by atoms with Crippen molar-refractivity contribution < 1.29 is 18.1 Å². The first kappa shape index (κ1) is 20.3. The average molecular weight is 395 g/mol. The summed E-state index contributed by atoms with van der Waals surface area (Å²) in [6.45, 7) is 10.5. The van der Waals surface area contributed by atoms with E-state index in [2.05, 4.69) is 6.92 Å². The van der Waals surface area contributed by atoms with E-state index < -0.39 is 10.0 Å². The van der Waals surface area contributed by atoms with Gasteiger partial charge in [-0.05, 0) is 49.9 Å². The van der Waals surface area contributed by atoms with Crippen LogP contribution >= 0.6 is 0 Å². The number of hydrogen-bond acceptors (Lipinski definition) is 3. The van der Waals surface area contributed by atoms with Crippen LogP contribution in [-0.2, 0) is 14.8 Å². The molecule has 0 radical (unpaired) electrons. The Bertz CT molecular complexity index is 786. The van der Waals surface area contributed by atoms with Crippen molar-refractivity contribution in [3.63, 3.8) is 0 Å². The fraction of sp³-hybridized carbons (Fsp3) is 0.650. The molecule has 2 fully saturated rings. The van der Waals surface area contributed by atoms with E-state index in [0.717, 1.165) is 24.2 Å². The number of nitrogens with one attached hydrogen (secondary N) is 1. The predicted molar refractivity (Wildman–Crippen MR) is 105 cm³/mol. The fourth-order valence-corrected chi connectivity index (χ4v) is 5.59. The number of carbonyl (C=O) groups excluding carboxylic acids is 1. The van der Waals surface area contributed by atoms with Gasteiger partial charge in [0, 0.05) is 32.1 Å². The highest BCUT2D eigenvalue weighted by atomic mass is 32.2. The number of aryl methyl sites for hydroxylation is 2. The number of piperazine rings is 1. The Balaban J connectivity index is 1.57. The molecule has 2 aliphatic rings. The zero-order valence-corrected chi connectivity index (χ0v) is 17.5. The van der Waals surface area contributed by atoms with E-state index in [0.29, 0.717) is 43.5 Å². The molecule has 1 unspecified atom stereocenters. The molecule has 27 heavy (non-hydrogen) atoms. The van der Waals surface area contributed by atoms with Crippen molar-refractivity contribution in [2.75, 3.05) is 45.8 Å². The van der Waals surface area contributed by atoms with E-state index in [1.807, 2.05) is 24.8 Å². The Morgan fingerprint density at radius 3 is 2.48 bits per heavy atom. The third-order valence-corrected chi connectivity index (χ3v) is 7.87. The van der Waals surface area contributed by atoms with Gasteiger partial charge in [0.1, 0.15) is 0 Å².